The lowest BCUT2D eigenvalue weighted by molar-refractivity contribution is -0.123. The van der Waals surface area contributed by atoms with Gasteiger partial charge in [0.15, 0.2) is 0 Å². The average molecular weight is 334 g/mol. The first-order valence-corrected chi connectivity index (χ1v) is 7.99. The summed E-state index contributed by atoms with van der Waals surface area (Å²) in [7, 11) is 1.79. The van der Waals surface area contributed by atoms with Crippen LogP contribution >= 0.6 is 11.6 Å². The van der Waals surface area contributed by atoms with Gasteiger partial charge in [-0.05, 0) is 37.0 Å². The largest absolute Gasteiger partial charge is 0.383 e. The van der Waals surface area contributed by atoms with Gasteiger partial charge >= 0.3 is 0 Å². The van der Waals surface area contributed by atoms with Gasteiger partial charge in [-0.15, -0.1) is 0 Å². The second-order valence-electron chi connectivity index (χ2n) is 6.39. The fraction of sp³-hybridized carbons (Fsp3) is 0.412. The van der Waals surface area contributed by atoms with Crippen molar-refractivity contribution in [2.45, 2.75) is 24.9 Å². The fourth-order valence-electron chi connectivity index (χ4n) is 2.75. The second-order valence-corrected chi connectivity index (χ2v) is 6.83. The van der Waals surface area contributed by atoms with Gasteiger partial charge in [-0.25, -0.2) is 0 Å². The summed E-state index contributed by atoms with van der Waals surface area (Å²) in [5, 5.41) is 18.1. The zero-order valence-corrected chi connectivity index (χ0v) is 13.9. The Morgan fingerprint density at radius 2 is 2.17 bits per heavy atom. The number of carbonyl (C=O) groups is 1. The first-order chi connectivity index (χ1) is 10.9. The maximum absolute atomic E-state index is 12.3. The number of amides is 1. The summed E-state index contributed by atoms with van der Waals surface area (Å²) < 4.78 is 1.63. The van der Waals surface area contributed by atoms with Gasteiger partial charge in [0.25, 0.3) is 0 Å². The third-order valence-corrected chi connectivity index (χ3v) is 4.61. The quantitative estimate of drug-likeness (QED) is 0.881. The standard InChI is InChI=1S/C17H20ClN3O2/c1-17(23,12-8-20-21(2)9-12)10-19-16(22)15-7-14(15)11-3-5-13(18)6-4-11/h3-6,8-9,14-15,23H,7,10H2,1-2H3,(H,19,22). The Kier molecular flexibility index (Phi) is 4.17. The summed E-state index contributed by atoms with van der Waals surface area (Å²) in [5.74, 6) is 0.200. The molecule has 0 saturated heterocycles. The van der Waals surface area contributed by atoms with Crippen LogP contribution in [0.5, 0.6) is 0 Å². The Morgan fingerprint density at radius 3 is 2.78 bits per heavy atom. The molecule has 2 aromatic rings. The first kappa shape index (κ1) is 16.0. The van der Waals surface area contributed by atoms with Gasteiger partial charge in [0, 0.05) is 29.7 Å². The number of rotatable bonds is 5. The predicted octanol–water partition coefficient (Wildman–Crippen LogP) is 2.20. The van der Waals surface area contributed by atoms with Gasteiger partial charge in [0.05, 0.1) is 12.7 Å². The maximum Gasteiger partial charge on any atom is 0.223 e. The number of hydrogen-bond donors (Lipinski definition) is 2. The third-order valence-electron chi connectivity index (χ3n) is 4.36. The number of aromatic nitrogens is 2. The molecular weight excluding hydrogens is 314 g/mol. The van der Waals surface area contributed by atoms with Crippen molar-refractivity contribution in [1.29, 1.82) is 0 Å². The molecule has 0 aliphatic heterocycles. The summed E-state index contributed by atoms with van der Waals surface area (Å²) >= 11 is 5.88. The number of halogens is 1. The van der Waals surface area contributed by atoms with E-state index in [1.54, 1.807) is 31.0 Å². The van der Waals surface area contributed by atoms with Crippen molar-refractivity contribution in [3.63, 3.8) is 0 Å². The minimum absolute atomic E-state index is 0.0193. The van der Waals surface area contributed by atoms with Gasteiger partial charge in [0.2, 0.25) is 5.91 Å². The third kappa shape index (κ3) is 3.57. The molecule has 5 nitrogen and oxygen atoms in total. The van der Waals surface area contributed by atoms with Crippen LogP contribution in [0.4, 0.5) is 0 Å². The van der Waals surface area contributed by atoms with Gasteiger partial charge in [-0.2, -0.15) is 5.10 Å². The number of nitrogens with one attached hydrogen (secondary N) is 1. The normalized spacial score (nSPS) is 22.4. The average Bonchev–Trinajstić information content (AvgIpc) is 3.19. The van der Waals surface area contributed by atoms with Crippen molar-refractivity contribution < 1.29 is 9.90 Å². The molecule has 0 bridgehead atoms. The number of aryl methyl sites for hydroxylation is 1. The molecule has 3 rings (SSSR count). The molecule has 1 saturated carbocycles. The maximum atomic E-state index is 12.3. The SMILES string of the molecule is Cn1cc(C(C)(O)CNC(=O)C2CC2c2ccc(Cl)cc2)cn1. The van der Waals surface area contributed by atoms with E-state index in [-0.39, 0.29) is 24.3 Å². The van der Waals surface area contributed by atoms with E-state index in [1.807, 2.05) is 24.3 Å². The summed E-state index contributed by atoms with van der Waals surface area (Å²) in [4.78, 5) is 12.3. The molecule has 1 amide bonds. The van der Waals surface area contributed by atoms with E-state index in [9.17, 15) is 9.90 Å². The lowest BCUT2D eigenvalue weighted by Crippen LogP contribution is -2.39. The highest BCUT2D eigenvalue weighted by Gasteiger charge is 2.44. The fourth-order valence-corrected chi connectivity index (χ4v) is 2.88. The molecule has 1 aromatic heterocycles. The van der Waals surface area contributed by atoms with Crippen LogP contribution in [0.2, 0.25) is 5.02 Å². The van der Waals surface area contributed by atoms with E-state index >= 15 is 0 Å². The number of carbonyl (C=O) groups excluding carboxylic acids is 1. The molecule has 3 atom stereocenters. The topological polar surface area (TPSA) is 67.2 Å². The van der Waals surface area contributed by atoms with Gasteiger partial charge < -0.3 is 10.4 Å². The highest BCUT2D eigenvalue weighted by atomic mass is 35.5. The van der Waals surface area contributed by atoms with Crippen molar-refractivity contribution >= 4 is 17.5 Å². The number of hydrogen-bond acceptors (Lipinski definition) is 3. The molecular formula is C17H20ClN3O2. The Hall–Kier alpha value is -1.85. The van der Waals surface area contributed by atoms with Crippen molar-refractivity contribution in [2.24, 2.45) is 13.0 Å². The molecule has 6 heteroatoms. The van der Waals surface area contributed by atoms with Gasteiger partial charge in [-0.1, -0.05) is 23.7 Å². The van der Waals surface area contributed by atoms with Crippen molar-refractivity contribution in [1.82, 2.24) is 15.1 Å². The highest BCUT2D eigenvalue weighted by Crippen LogP contribution is 2.47. The minimum atomic E-state index is -1.13. The van der Waals surface area contributed by atoms with Crippen molar-refractivity contribution in [3.05, 3.63) is 52.8 Å². The van der Waals surface area contributed by atoms with E-state index in [0.717, 1.165) is 12.0 Å². The highest BCUT2D eigenvalue weighted by molar-refractivity contribution is 6.30. The monoisotopic (exact) mass is 333 g/mol. The van der Waals surface area contributed by atoms with E-state index in [2.05, 4.69) is 10.4 Å². The smallest absolute Gasteiger partial charge is 0.223 e. The molecule has 0 spiro atoms. The molecule has 2 N–H and O–H groups in total. The molecule has 1 aliphatic rings. The minimum Gasteiger partial charge on any atom is -0.383 e. The summed E-state index contributed by atoms with van der Waals surface area (Å²) in [6, 6.07) is 7.62. The zero-order chi connectivity index (χ0) is 16.6. The summed E-state index contributed by atoms with van der Waals surface area (Å²) in [5.41, 5.74) is 0.688. The van der Waals surface area contributed by atoms with E-state index in [4.69, 9.17) is 11.6 Å². The molecule has 0 radical (unpaired) electrons. The van der Waals surface area contributed by atoms with Crippen LogP contribution in [0.25, 0.3) is 0 Å². The van der Waals surface area contributed by atoms with Crippen LogP contribution in [-0.2, 0) is 17.4 Å². The molecule has 122 valence electrons. The van der Waals surface area contributed by atoms with Crippen LogP contribution in [-0.4, -0.2) is 27.3 Å². The molecule has 23 heavy (non-hydrogen) atoms. The van der Waals surface area contributed by atoms with Crippen LogP contribution < -0.4 is 5.32 Å². The van der Waals surface area contributed by atoms with Gasteiger partial charge in [0.1, 0.15) is 5.60 Å². The Morgan fingerprint density at radius 1 is 1.48 bits per heavy atom. The molecule has 1 heterocycles. The Bertz CT molecular complexity index is 709. The lowest BCUT2D eigenvalue weighted by Gasteiger charge is -2.22. The van der Waals surface area contributed by atoms with Gasteiger partial charge in [-0.3, -0.25) is 9.48 Å². The van der Waals surface area contributed by atoms with Crippen LogP contribution in [0, 0.1) is 5.92 Å². The van der Waals surface area contributed by atoms with Crippen molar-refractivity contribution in [3.8, 4) is 0 Å². The number of nitrogens with zero attached hydrogens (tertiary/aromatic N) is 2. The Labute approximate surface area is 140 Å². The molecule has 1 aliphatic carbocycles. The number of benzene rings is 1. The second kappa shape index (κ2) is 5.98. The first-order valence-electron chi connectivity index (χ1n) is 7.61. The molecule has 1 fully saturated rings. The van der Waals surface area contributed by atoms with E-state index in [1.165, 1.54) is 0 Å². The van der Waals surface area contributed by atoms with Crippen LogP contribution in [0.15, 0.2) is 36.7 Å². The lowest BCUT2D eigenvalue weighted by atomic mass is 9.99. The summed E-state index contributed by atoms with van der Waals surface area (Å²) in [6.45, 7) is 1.84. The van der Waals surface area contributed by atoms with Crippen LogP contribution in [0.1, 0.15) is 30.4 Å². The van der Waals surface area contributed by atoms with E-state index in [0.29, 0.717) is 10.6 Å². The van der Waals surface area contributed by atoms with Crippen molar-refractivity contribution in [2.75, 3.05) is 6.54 Å². The Balaban J connectivity index is 1.55. The molecule has 3 unspecified atom stereocenters. The summed E-state index contributed by atoms with van der Waals surface area (Å²) in [6.07, 6.45) is 4.20. The number of aliphatic hydroxyl groups is 1. The predicted molar refractivity (Wildman–Crippen MR) is 88.1 cm³/mol. The molecule has 1 aromatic carbocycles. The van der Waals surface area contributed by atoms with Crippen LogP contribution in [0.3, 0.4) is 0 Å². The zero-order valence-electron chi connectivity index (χ0n) is 13.2. The van der Waals surface area contributed by atoms with E-state index < -0.39 is 5.60 Å².